The monoisotopic (exact) mass is 601 g/mol. The second-order valence-corrected chi connectivity index (χ2v) is 13.7. The van der Waals surface area contributed by atoms with E-state index in [9.17, 15) is 27.3 Å². The quantitative estimate of drug-likeness (QED) is 0.423. The molecule has 3 saturated heterocycles. The molecular weight excluding hydrogens is 564 g/mol. The maximum atomic E-state index is 14.5. The first kappa shape index (κ1) is 30.3. The number of halogens is 2. The number of hydrogen-bond donors (Lipinski definition) is 3. The van der Waals surface area contributed by atoms with Gasteiger partial charge in [0, 0.05) is 57.1 Å². The minimum atomic E-state index is -3.58. The van der Waals surface area contributed by atoms with Crippen molar-refractivity contribution < 1.29 is 22.0 Å². The number of sulfonamides is 1. The molecule has 3 fully saturated rings. The van der Waals surface area contributed by atoms with E-state index < -0.39 is 45.3 Å². The summed E-state index contributed by atoms with van der Waals surface area (Å²) in [5.74, 6) is -1.70. The van der Waals surface area contributed by atoms with Crippen LogP contribution >= 0.6 is 0 Å². The highest BCUT2D eigenvalue weighted by Crippen LogP contribution is 2.42. The number of nitrogens with zero attached hydrogens (tertiary/aromatic N) is 4. The molecule has 10 nitrogen and oxygen atoms in total. The normalized spacial score (nSPS) is 25.5. The first-order chi connectivity index (χ1) is 20.0. The smallest absolute Gasteiger partial charge is 0.242 e. The van der Waals surface area contributed by atoms with Gasteiger partial charge in [-0.3, -0.25) is 9.69 Å². The molecule has 3 heterocycles. The predicted molar refractivity (Wildman–Crippen MR) is 153 cm³/mol. The van der Waals surface area contributed by atoms with Crippen molar-refractivity contribution in [1.82, 2.24) is 25.0 Å². The van der Waals surface area contributed by atoms with Crippen LogP contribution in [0, 0.1) is 28.9 Å². The third-order valence-electron chi connectivity index (χ3n) is 8.99. The molecule has 0 bridgehead atoms. The van der Waals surface area contributed by atoms with Crippen LogP contribution in [-0.4, -0.2) is 80.0 Å². The molecule has 0 saturated carbocycles. The summed E-state index contributed by atoms with van der Waals surface area (Å²) >= 11 is 0. The van der Waals surface area contributed by atoms with Crippen LogP contribution in [0.1, 0.15) is 44.2 Å². The number of carbonyl (C=O) groups is 1. The van der Waals surface area contributed by atoms with Crippen molar-refractivity contribution in [2.45, 2.75) is 61.3 Å². The van der Waals surface area contributed by atoms with Crippen LogP contribution in [0.25, 0.3) is 0 Å². The van der Waals surface area contributed by atoms with E-state index in [2.05, 4.69) is 27.1 Å². The minimum absolute atomic E-state index is 0.0438. The van der Waals surface area contributed by atoms with Gasteiger partial charge in [-0.2, -0.15) is 5.26 Å². The maximum absolute atomic E-state index is 14.5. The molecule has 3 aliphatic heterocycles. The van der Waals surface area contributed by atoms with Crippen LogP contribution in [0.5, 0.6) is 0 Å². The van der Waals surface area contributed by atoms with Gasteiger partial charge >= 0.3 is 0 Å². The number of nitrogens with one attached hydrogen (secondary N) is 3. The molecular formula is C29H37F2N7O3S. The second kappa shape index (κ2) is 11.9. The van der Waals surface area contributed by atoms with Gasteiger partial charge in [-0.15, -0.1) is 0 Å². The van der Waals surface area contributed by atoms with Gasteiger partial charge in [-0.25, -0.2) is 31.9 Å². The lowest BCUT2D eigenvalue weighted by atomic mass is 9.80. The van der Waals surface area contributed by atoms with Gasteiger partial charge in [0.2, 0.25) is 15.9 Å². The number of piperidine rings is 2. The van der Waals surface area contributed by atoms with E-state index in [0.29, 0.717) is 44.6 Å². The third-order valence-corrected chi connectivity index (χ3v) is 10.8. The summed E-state index contributed by atoms with van der Waals surface area (Å²) in [6.45, 7) is 3.36. The number of fused-ring (bicyclic) bond motifs is 1. The molecule has 42 heavy (non-hydrogen) atoms. The molecule has 13 heteroatoms. The SMILES string of the molecule is CC(c1c(F)cccc1F)N1CCC(CC#N)(N2NC(Nc3ccc(S(=O)(=O)N(C)C)cc3)C3C(=O)NCCC32)CC1. The lowest BCUT2D eigenvalue weighted by molar-refractivity contribution is -0.128. The standard InChI is InChI=1S/C29H37F2N7O3S/c1-19(25-22(30)5-4-6-23(25)31)37-17-13-29(12-15-32,14-18-37)38-24-11-16-33-28(39)26(24)27(35-38)34-20-7-9-21(10-8-20)42(40,41)36(2)3/h4-10,19,24,26-27,34-35H,11-14,16-18H2,1-3H3,(H,33,39). The minimum Gasteiger partial charge on any atom is -0.368 e. The molecule has 5 rings (SSSR count). The number of amides is 1. The van der Waals surface area contributed by atoms with Crippen LogP contribution in [-0.2, 0) is 14.8 Å². The number of benzene rings is 2. The molecule has 3 aliphatic rings. The summed E-state index contributed by atoms with van der Waals surface area (Å²) in [6.07, 6.45) is 1.57. The van der Waals surface area contributed by atoms with Crippen LogP contribution < -0.4 is 16.1 Å². The zero-order valence-electron chi connectivity index (χ0n) is 24.0. The molecule has 4 atom stereocenters. The number of nitriles is 1. The highest BCUT2D eigenvalue weighted by Gasteiger charge is 2.55. The number of likely N-dealkylation sites (tertiary alicyclic amines) is 1. The Labute approximate surface area is 245 Å². The Balaban J connectivity index is 1.36. The van der Waals surface area contributed by atoms with Crippen molar-refractivity contribution in [2.24, 2.45) is 5.92 Å². The van der Waals surface area contributed by atoms with Crippen molar-refractivity contribution in [3.05, 3.63) is 59.7 Å². The van der Waals surface area contributed by atoms with Crippen molar-refractivity contribution >= 4 is 21.6 Å². The molecule has 226 valence electrons. The molecule has 4 unspecified atom stereocenters. The van der Waals surface area contributed by atoms with Gasteiger partial charge in [0.15, 0.2) is 0 Å². The van der Waals surface area contributed by atoms with E-state index in [1.165, 1.54) is 44.4 Å². The summed E-state index contributed by atoms with van der Waals surface area (Å²) in [6, 6.07) is 12.0. The summed E-state index contributed by atoms with van der Waals surface area (Å²) in [4.78, 5) is 15.3. The summed E-state index contributed by atoms with van der Waals surface area (Å²) in [5, 5.41) is 18.3. The van der Waals surface area contributed by atoms with Gasteiger partial charge in [-0.1, -0.05) is 6.07 Å². The van der Waals surface area contributed by atoms with Crippen LogP contribution in [0.2, 0.25) is 0 Å². The molecule has 1 amide bonds. The van der Waals surface area contributed by atoms with E-state index >= 15 is 0 Å². The fraction of sp³-hybridized carbons (Fsp3) is 0.517. The van der Waals surface area contributed by atoms with Crippen molar-refractivity contribution in [2.75, 3.05) is 39.0 Å². The van der Waals surface area contributed by atoms with Crippen molar-refractivity contribution in [3.63, 3.8) is 0 Å². The molecule has 0 aromatic heterocycles. The molecule has 0 aliphatic carbocycles. The van der Waals surface area contributed by atoms with Gasteiger partial charge in [0.1, 0.15) is 17.8 Å². The van der Waals surface area contributed by atoms with E-state index in [1.807, 2.05) is 4.90 Å². The predicted octanol–water partition coefficient (Wildman–Crippen LogP) is 2.79. The third kappa shape index (κ3) is 5.49. The zero-order chi connectivity index (χ0) is 30.2. The van der Waals surface area contributed by atoms with Gasteiger partial charge in [0.05, 0.1) is 28.8 Å². The van der Waals surface area contributed by atoms with E-state index in [4.69, 9.17) is 0 Å². The molecule has 0 radical (unpaired) electrons. The van der Waals surface area contributed by atoms with E-state index in [0.717, 1.165) is 4.31 Å². The Kier molecular flexibility index (Phi) is 8.55. The Morgan fingerprint density at radius 3 is 2.38 bits per heavy atom. The number of hydrazine groups is 1. The Morgan fingerprint density at radius 1 is 1.14 bits per heavy atom. The van der Waals surface area contributed by atoms with Crippen LogP contribution in [0.4, 0.5) is 14.5 Å². The Morgan fingerprint density at radius 2 is 1.79 bits per heavy atom. The Bertz CT molecular complexity index is 1440. The van der Waals surface area contributed by atoms with E-state index in [1.54, 1.807) is 19.1 Å². The summed E-state index contributed by atoms with van der Waals surface area (Å²) < 4.78 is 55.2. The van der Waals surface area contributed by atoms with Gasteiger partial charge in [0.25, 0.3) is 0 Å². The van der Waals surface area contributed by atoms with Gasteiger partial charge in [-0.05, 0) is 62.6 Å². The number of hydrogen-bond acceptors (Lipinski definition) is 8. The van der Waals surface area contributed by atoms with Crippen molar-refractivity contribution in [1.29, 1.82) is 5.26 Å². The van der Waals surface area contributed by atoms with E-state index in [-0.39, 0.29) is 28.8 Å². The largest absolute Gasteiger partial charge is 0.368 e. The fourth-order valence-electron chi connectivity index (χ4n) is 6.60. The first-order valence-corrected chi connectivity index (χ1v) is 15.6. The molecule has 0 spiro atoms. The highest BCUT2D eigenvalue weighted by molar-refractivity contribution is 7.89. The zero-order valence-corrected chi connectivity index (χ0v) is 24.8. The number of rotatable bonds is 8. The Hall–Kier alpha value is -3.15. The first-order valence-electron chi connectivity index (χ1n) is 14.2. The van der Waals surface area contributed by atoms with Crippen LogP contribution in [0.3, 0.4) is 0 Å². The lowest BCUT2D eigenvalue weighted by Crippen LogP contribution is -2.62. The average Bonchev–Trinajstić information content (AvgIpc) is 3.33. The topological polar surface area (TPSA) is 121 Å². The van der Waals surface area contributed by atoms with Crippen molar-refractivity contribution in [3.8, 4) is 6.07 Å². The second-order valence-electron chi connectivity index (χ2n) is 11.5. The highest BCUT2D eigenvalue weighted by atomic mass is 32.2. The van der Waals surface area contributed by atoms with Crippen LogP contribution in [0.15, 0.2) is 47.4 Å². The van der Waals surface area contributed by atoms with Gasteiger partial charge < -0.3 is 10.6 Å². The number of anilines is 1. The molecule has 3 N–H and O–H groups in total. The fourth-order valence-corrected chi connectivity index (χ4v) is 7.50. The summed E-state index contributed by atoms with van der Waals surface area (Å²) in [5.41, 5.74) is 3.62. The summed E-state index contributed by atoms with van der Waals surface area (Å²) in [7, 11) is -0.632. The maximum Gasteiger partial charge on any atom is 0.242 e. The number of carbonyl (C=O) groups excluding carboxylic acids is 1. The molecule has 2 aromatic rings. The lowest BCUT2D eigenvalue weighted by Gasteiger charge is -2.50. The molecule has 2 aromatic carbocycles. The average molecular weight is 602 g/mol.